The standard InChI is InChI=1S/C23H28N6O/c1-17-7-6-8-21(18(17)2)24-22(30)16-29-26-23(25-27-29)20-11-9-19(10-12-20)15-28-13-4-3-5-14-28/h6-12H,3-5,13-16H2,1-2H3,(H,24,30). The molecule has 7 nitrogen and oxygen atoms in total. The predicted molar refractivity (Wildman–Crippen MR) is 117 cm³/mol. The summed E-state index contributed by atoms with van der Waals surface area (Å²) < 4.78 is 0. The summed E-state index contributed by atoms with van der Waals surface area (Å²) >= 11 is 0. The number of hydrogen-bond acceptors (Lipinski definition) is 5. The number of carbonyl (C=O) groups excluding carboxylic acids is 1. The summed E-state index contributed by atoms with van der Waals surface area (Å²) in [5, 5.41) is 15.4. The van der Waals surface area contributed by atoms with E-state index in [2.05, 4.69) is 37.8 Å². The maximum Gasteiger partial charge on any atom is 0.248 e. The van der Waals surface area contributed by atoms with Crippen molar-refractivity contribution in [2.24, 2.45) is 0 Å². The van der Waals surface area contributed by atoms with Gasteiger partial charge in [0.15, 0.2) is 0 Å². The number of tetrazole rings is 1. The SMILES string of the molecule is Cc1cccc(NC(=O)Cn2nnc(-c3ccc(CN4CCCCC4)cc3)n2)c1C. The second kappa shape index (κ2) is 9.17. The Morgan fingerprint density at radius 2 is 1.80 bits per heavy atom. The Labute approximate surface area is 177 Å². The first-order chi connectivity index (χ1) is 14.6. The van der Waals surface area contributed by atoms with Gasteiger partial charge < -0.3 is 5.32 Å². The maximum absolute atomic E-state index is 12.4. The first-order valence-corrected chi connectivity index (χ1v) is 10.5. The zero-order chi connectivity index (χ0) is 20.9. The highest BCUT2D eigenvalue weighted by Crippen LogP contribution is 2.19. The number of nitrogens with zero attached hydrogens (tertiary/aromatic N) is 5. The highest BCUT2D eigenvalue weighted by Gasteiger charge is 2.13. The van der Waals surface area contributed by atoms with Crippen LogP contribution >= 0.6 is 0 Å². The minimum atomic E-state index is -0.176. The van der Waals surface area contributed by atoms with Crippen LogP contribution in [0, 0.1) is 13.8 Å². The van der Waals surface area contributed by atoms with Crippen LogP contribution in [-0.4, -0.2) is 44.1 Å². The number of nitrogens with one attached hydrogen (secondary N) is 1. The van der Waals surface area contributed by atoms with Gasteiger partial charge in [0, 0.05) is 17.8 Å². The molecule has 0 aliphatic carbocycles. The van der Waals surface area contributed by atoms with Crippen LogP contribution in [0.2, 0.25) is 0 Å². The Morgan fingerprint density at radius 1 is 1.03 bits per heavy atom. The van der Waals surface area contributed by atoms with Gasteiger partial charge in [0.2, 0.25) is 11.7 Å². The summed E-state index contributed by atoms with van der Waals surface area (Å²) in [5.41, 5.74) is 5.20. The summed E-state index contributed by atoms with van der Waals surface area (Å²) in [4.78, 5) is 16.2. The molecule has 1 aliphatic heterocycles. The zero-order valence-corrected chi connectivity index (χ0v) is 17.6. The van der Waals surface area contributed by atoms with E-state index in [9.17, 15) is 4.79 Å². The molecule has 2 heterocycles. The Balaban J connectivity index is 1.36. The van der Waals surface area contributed by atoms with Crippen LogP contribution < -0.4 is 5.32 Å². The van der Waals surface area contributed by atoms with Crippen molar-refractivity contribution in [2.75, 3.05) is 18.4 Å². The average Bonchev–Trinajstić information content (AvgIpc) is 3.21. The van der Waals surface area contributed by atoms with E-state index in [0.29, 0.717) is 5.82 Å². The fraction of sp³-hybridized carbons (Fsp3) is 0.391. The van der Waals surface area contributed by atoms with E-state index in [4.69, 9.17) is 0 Å². The third-order valence-corrected chi connectivity index (χ3v) is 5.68. The number of amides is 1. The minimum Gasteiger partial charge on any atom is -0.324 e. The van der Waals surface area contributed by atoms with E-state index in [1.807, 2.05) is 44.2 Å². The number of rotatable bonds is 6. The lowest BCUT2D eigenvalue weighted by molar-refractivity contribution is -0.117. The highest BCUT2D eigenvalue weighted by atomic mass is 16.2. The van der Waals surface area contributed by atoms with Gasteiger partial charge in [-0.15, -0.1) is 10.2 Å². The fourth-order valence-corrected chi connectivity index (χ4v) is 3.77. The number of aromatic nitrogens is 4. The van der Waals surface area contributed by atoms with E-state index < -0.39 is 0 Å². The van der Waals surface area contributed by atoms with Crippen LogP contribution in [0.15, 0.2) is 42.5 Å². The molecule has 3 aromatic rings. The minimum absolute atomic E-state index is 0.0213. The zero-order valence-electron chi connectivity index (χ0n) is 17.6. The van der Waals surface area contributed by atoms with Crippen LogP contribution in [0.1, 0.15) is 36.0 Å². The lowest BCUT2D eigenvalue weighted by Gasteiger charge is -2.26. The Kier molecular flexibility index (Phi) is 6.18. The lowest BCUT2D eigenvalue weighted by atomic mass is 10.1. The number of piperidine rings is 1. The number of anilines is 1. The molecule has 2 aromatic carbocycles. The van der Waals surface area contributed by atoms with Crippen molar-refractivity contribution >= 4 is 11.6 Å². The van der Waals surface area contributed by atoms with Crippen molar-refractivity contribution in [1.29, 1.82) is 0 Å². The summed E-state index contributed by atoms with van der Waals surface area (Å²) in [6.45, 7) is 7.38. The fourth-order valence-electron chi connectivity index (χ4n) is 3.77. The smallest absolute Gasteiger partial charge is 0.248 e. The Hall–Kier alpha value is -3.06. The number of likely N-dealkylation sites (tertiary alicyclic amines) is 1. The maximum atomic E-state index is 12.4. The van der Waals surface area contributed by atoms with Crippen molar-refractivity contribution in [3.8, 4) is 11.4 Å². The molecule has 0 radical (unpaired) electrons. The van der Waals surface area contributed by atoms with Crippen molar-refractivity contribution in [2.45, 2.75) is 46.2 Å². The van der Waals surface area contributed by atoms with Crippen LogP contribution in [0.4, 0.5) is 5.69 Å². The Morgan fingerprint density at radius 3 is 2.57 bits per heavy atom. The van der Waals surface area contributed by atoms with Gasteiger partial charge in [-0.05, 0) is 67.7 Å². The van der Waals surface area contributed by atoms with Gasteiger partial charge in [-0.1, -0.05) is 42.8 Å². The number of benzene rings is 2. The van der Waals surface area contributed by atoms with Gasteiger partial charge in [0.1, 0.15) is 6.54 Å². The number of hydrogen-bond donors (Lipinski definition) is 1. The number of aryl methyl sites for hydroxylation is 1. The molecule has 0 unspecified atom stereocenters. The predicted octanol–water partition coefficient (Wildman–Crippen LogP) is 3.58. The summed E-state index contributed by atoms with van der Waals surface area (Å²) in [5.74, 6) is 0.351. The van der Waals surface area contributed by atoms with Gasteiger partial charge in [0.05, 0.1) is 0 Å². The van der Waals surface area contributed by atoms with Crippen LogP contribution in [0.5, 0.6) is 0 Å². The van der Waals surface area contributed by atoms with E-state index in [1.165, 1.54) is 42.7 Å². The van der Waals surface area contributed by atoms with Gasteiger partial charge in [0.25, 0.3) is 0 Å². The molecule has 1 aromatic heterocycles. The molecule has 1 N–H and O–H groups in total. The summed E-state index contributed by atoms with van der Waals surface area (Å²) in [6.07, 6.45) is 3.93. The van der Waals surface area contributed by atoms with E-state index >= 15 is 0 Å². The Bertz CT molecular complexity index is 1000. The third-order valence-electron chi connectivity index (χ3n) is 5.68. The molecule has 1 saturated heterocycles. The van der Waals surface area contributed by atoms with Gasteiger partial charge >= 0.3 is 0 Å². The first-order valence-electron chi connectivity index (χ1n) is 10.5. The lowest BCUT2D eigenvalue weighted by Crippen LogP contribution is -2.28. The molecule has 1 aliphatic rings. The molecular weight excluding hydrogens is 376 g/mol. The molecule has 1 fully saturated rings. The molecule has 0 saturated carbocycles. The molecule has 0 bridgehead atoms. The summed E-state index contributed by atoms with van der Waals surface area (Å²) in [7, 11) is 0. The second-order valence-corrected chi connectivity index (χ2v) is 7.97. The topological polar surface area (TPSA) is 75.9 Å². The van der Waals surface area contributed by atoms with Crippen LogP contribution in [0.25, 0.3) is 11.4 Å². The van der Waals surface area contributed by atoms with Crippen LogP contribution in [0.3, 0.4) is 0 Å². The molecule has 4 rings (SSSR count). The van der Waals surface area contributed by atoms with E-state index in [-0.39, 0.29) is 12.5 Å². The second-order valence-electron chi connectivity index (χ2n) is 7.97. The van der Waals surface area contributed by atoms with Gasteiger partial charge in [-0.3, -0.25) is 9.69 Å². The summed E-state index contributed by atoms with van der Waals surface area (Å²) in [6, 6.07) is 14.1. The average molecular weight is 405 g/mol. The molecule has 156 valence electrons. The van der Waals surface area contributed by atoms with Crippen LogP contribution in [-0.2, 0) is 17.9 Å². The largest absolute Gasteiger partial charge is 0.324 e. The molecular formula is C23H28N6O. The monoisotopic (exact) mass is 404 g/mol. The molecule has 7 heteroatoms. The van der Waals surface area contributed by atoms with Gasteiger partial charge in [-0.25, -0.2) is 0 Å². The highest BCUT2D eigenvalue weighted by molar-refractivity contribution is 5.91. The first kappa shape index (κ1) is 20.2. The normalized spacial score (nSPS) is 14.6. The van der Waals surface area contributed by atoms with Gasteiger partial charge in [-0.2, -0.15) is 4.80 Å². The van der Waals surface area contributed by atoms with Crippen molar-refractivity contribution in [3.05, 3.63) is 59.2 Å². The van der Waals surface area contributed by atoms with Crippen molar-refractivity contribution in [1.82, 2.24) is 25.1 Å². The van der Waals surface area contributed by atoms with E-state index in [1.54, 1.807) is 0 Å². The van der Waals surface area contributed by atoms with Crippen molar-refractivity contribution < 1.29 is 4.79 Å². The van der Waals surface area contributed by atoms with E-state index in [0.717, 1.165) is 28.9 Å². The quantitative estimate of drug-likeness (QED) is 0.680. The number of carbonyl (C=O) groups is 1. The third kappa shape index (κ3) is 4.91. The van der Waals surface area contributed by atoms with Crippen molar-refractivity contribution in [3.63, 3.8) is 0 Å². The molecule has 0 spiro atoms. The molecule has 0 atom stereocenters. The molecule has 1 amide bonds. The molecule has 30 heavy (non-hydrogen) atoms.